The summed E-state index contributed by atoms with van der Waals surface area (Å²) >= 11 is 0. The molecule has 0 radical (unpaired) electrons. The average Bonchev–Trinajstić information content (AvgIpc) is 3.14. The van der Waals surface area contributed by atoms with Gasteiger partial charge in [-0.3, -0.25) is 0 Å². The highest BCUT2D eigenvalue weighted by Gasteiger charge is 2.25. The zero-order chi connectivity index (χ0) is 22.2. The van der Waals surface area contributed by atoms with Crippen LogP contribution in [0.3, 0.4) is 0 Å². The van der Waals surface area contributed by atoms with Crippen LogP contribution in [0.5, 0.6) is 23.0 Å². The van der Waals surface area contributed by atoms with Crippen LogP contribution in [0, 0.1) is 0 Å². The molecule has 2 aromatic carbocycles. The molecular formula is C24H27NO6. The normalized spacial score (nSPS) is 14.3. The summed E-state index contributed by atoms with van der Waals surface area (Å²) in [5, 5.41) is 0. The molecule has 1 aliphatic heterocycles. The van der Waals surface area contributed by atoms with Gasteiger partial charge < -0.3 is 23.7 Å². The third-order valence-corrected chi connectivity index (χ3v) is 4.36. The van der Waals surface area contributed by atoms with E-state index in [0.29, 0.717) is 48.4 Å². The lowest BCUT2D eigenvalue weighted by atomic mass is 10.1. The molecule has 164 valence electrons. The molecule has 31 heavy (non-hydrogen) atoms. The average molecular weight is 425 g/mol. The standard InChI is InChI=1S/C24H27NO6/c1-5-12-30-19-10-8-16(14-21(19)27-4)13-18-24(26)31-23(25-18)17-9-11-20(28-6-2)22(15-17)29-7-3/h8-11,13-15H,5-7,12H2,1-4H3/b18-13+. The van der Waals surface area contributed by atoms with E-state index in [2.05, 4.69) is 4.99 Å². The van der Waals surface area contributed by atoms with Gasteiger partial charge in [0.25, 0.3) is 0 Å². The maximum Gasteiger partial charge on any atom is 0.363 e. The summed E-state index contributed by atoms with van der Waals surface area (Å²) in [4.78, 5) is 16.8. The summed E-state index contributed by atoms with van der Waals surface area (Å²) in [6, 6.07) is 10.8. The highest BCUT2D eigenvalue weighted by atomic mass is 16.6. The van der Waals surface area contributed by atoms with Crippen molar-refractivity contribution in [3.63, 3.8) is 0 Å². The van der Waals surface area contributed by atoms with Gasteiger partial charge in [-0.25, -0.2) is 9.79 Å². The molecule has 0 aliphatic carbocycles. The molecule has 1 heterocycles. The van der Waals surface area contributed by atoms with Crippen LogP contribution in [0.4, 0.5) is 0 Å². The molecule has 0 saturated carbocycles. The summed E-state index contributed by atoms with van der Waals surface area (Å²) in [6.07, 6.45) is 2.55. The van der Waals surface area contributed by atoms with Crippen molar-refractivity contribution >= 4 is 17.9 Å². The number of hydrogen-bond acceptors (Lipinski definition) is 7. The number of benzene rings is 2. The van der Waals surface area contributed by atoms with Crippen LogP contribution in [-0.4, -0.2) is 38.8 Å². The molecule has 0 atom stereocenters. The van der Waals surface area contributed by atoms with Gasteiger partial charge in [-0.15, -0.1) is 0 Å². The lowest BCUT2D eigenvalue weighted by Crippen LogP contribution is -2.06. The topological polar surface area (TPSA) is 75.6 Å². The Labute approximate surface area is 182 Å². The van der Waals surface area contributed by atoms with Crippen molar-refractivity contribution in [3.8, 4) is 23.0 Å². The monoisotopic (exact) mass is 425 g/mol. The van der Waals surface area contributed by atoms with Crippen LogP contribution >= 0.6 is 0 Å². The lowest BCUT2D eigenvalue weighted by Gasteiger charge is -2.11. The smallest absolute Gasteiger partial charge is 0.363 e. The molecule has 3 rings (SSSR count). The number of hydrogen-bond donors (Lipinski definition) is 0. The fourth-order valence-corrected chi connectivity index (χ4v) is 2.98. The van der Waals surface area contributed by atoms with Gasteiger partial charge in [0.1, 0.15) is 0 Å². The maximum atomic E-state index is 12.4. The predicted octanol–water partition coefficient (Wildman–Crippen LogP) is 4.63. The minimum absolute atomic E-state index is 0.200. The first-order chi connectivity index (χ1) is 15.1. The molecule has 0 fully saturated rings. The Morgan fingerprint density at radius 2 is 1.61 bits per heavy atom. The van der Waals surface area contributed by atoms with Gasteiger partial charge in [0.2, 0.25) is 5.90 Å². The number of rotatable bonds is 10. The van der Waals surface area contributed by atoms with Crippen LogP contribution in [0.2, 0.25) is 0 Å². The second kappa shape index (κ2) is 10.5. The van der Waals surface area contributed by atoms with Crippen molar-refractivity contribution in [2.75, 3.05) is 26.9 Å². The third-order valence-electron chi connectivity index (χ3n) is 4.36. The summed E-state index contributed by atoms with van der Waals surface area (Å²) in [7, 11) is 1.58. The zero-order valence-electron chi connectivity index (χ0n) is 18.3. The maximum absolute atomic E-state index is 12.4. The van der Waals surface area contributed by atoms with Crippen molar-refractivity contribution in [3.05, 3.63) is 53.2 Å². The second-order valence-corrected chi connectivity index (χ2v) is 6.62. The van der Waals surface area contributed by atoms with Crippen LogP contribution < -0.4 is 18.9 Å². The van der Waals surface area contributed by atoms with E-state index < -0.39 is 5.97 Å². The number of carbonyl (C=O) groups is 1. The van der Waals surface area contributed by atoms with Crippen LogP contribution in [0.15, 0.2) is 47.1 Å². The second-order valence-electron chi connectivity index (χ2n) is 6.62. The molecule has 0 spiro atoms. The van der Waals surface area contributed by atoms with Gasteiger partial charge in [0.05, 0.1) is 26.9 Å². The first-order valence-corrected chi connectivity index (χ1v) is 10.3. The van der Waals surface area contributed by atoms with Gasteiger partial charge >= 0.3 is 5.97 Å². The Kier molecular flexibility index (Phi) is 7.54. The van der Waals surface area contributed by atoms with E-state index in [1.54, 1.807) is 37.5 Å². The molecule has 2 aromatic rings. The summed E-state index contributed by atoms with van der Waals surface area (Å²) in [5.74, 6) is 2.15. The number of carbonyl (C=O) groups excluding carboxylic acids is 1. The minimum Gasteiger partial charge on any atom is -0.493 e. The van der Waals surface area contributed by atoms with E-state index in [0.717, 1.165) is 12.0 Å². The van der Waals surface area contributed by atoms with E-state index in [1.807, 2.05) is 32.9 Å². The van der Waals surface area contributed by atoms with Crippen molar-refractivity contribution in [2.24, 2.45) is 4.99 Å². The number of methoxy groups -OCH3 is 1. The number of cyclic esters (lactones) is 1. The Hall–Kier alpha value is -3.48. The van der Waals surface area contributed by atoms with Gasteiger partial charge in [-0.1, -0.05) is 13.0 Å². The molecule has 0 saturated heterocycles. The van der Waals surface area contributed by atoms with E-state index in [4.69, 9.17) is 23.7 Å². The van der Waals surface area contributed by atoms with Crippen LogP contribution in [0.1, 0.15) is 38.3 Å². The molecule has 0 aromatic heterocycles. The van der Waals surface area contributed by atoms with E-state index in [1.165, 1.54) is 0 Å². The summed E-state index contributed by atoms with van der Waals surface area (Å²) in [5.41, 5.74) is 1.58. The van der Waals surface area contributed by atoms with Crippen molar-refractivity contribution in [2.45, 2.75) is 27.2 Å². The molecule has 0 N–H and O–H groups in total. The number of aliphatic imine (C=N–C) groups is 1. The molecule has 7 nitrogen and oxygen atoms in total. The summed E-state index contributed by atoms with van der Waals surface area (Å²) in [6.45, 7) is 7.44. The first-order valence-electron chi connectivity index (χ1n) is 10.3. The fraction of sp³-hybridized carbons (Fsp3) is 0.333. The largest absolute Gasteiger partial charge is 0.493 e. The van der Waals surface area contributed by atoms with Crippen molar-refractivity contribution < 1.29 is 28.5 Å². The highest BCUT2D eigenvalue weighted by molar-refractivity contribution is 6.13. The Balaban J connectivity index is 1.88. The lowest BCUT2D eigenvalue weighted by molar-refractivity contribution is -0.129. The first kappa shape index (κ1) is 22.2. The number of ether oxygens (including phenoxy) is 5. The number of esters is 1. The van der Waals surface area contributed by atoms with Crippen molar-refractivity contribution in [1.29, 1.82) is 0 Å². The quantitative estimate of drug-likeness (QED) is 0.408. The van der Waals surface area contributed by atoms with E-state index in [9.17, 15) is 4.79 Å². The van der Waals surface area contributed by atoms with Crippen molar-refractivity contribution in [1.82, 2.24) is 0 Å². The molecular weight excluding hydrogens is 398 g/mol. The Bertz CT molecular complexity index is 996. The van der Waals surface area contributed by atoms with Crippen LogP contribution in [-0.2, 0) is 9.53 Å². The number of nitrogens with zero attached hydrogens (tertiary/aromatic N) is 1. The third kappa shape index (κ3) is 5.36. The van der Waals surface area contributed by atoms with Gasteiger partial charge in [0.15, 0.2) is 28.7 Å². The van der Waals surface area contributed by atoms with Gasteiger partial charge in [-0.05, 0) is 62.2 Å². The minimum atomic E-state index is -0.521. The Morgan fingerprint density at radius 1 is 0.903 bits per heavy atom. The highest BCUT2D eigenvalue weighted by Crippen LogP contribution is 2.32. The Morgan fingerprint density at radius 3 is 2.32 bits per heavy atom. The zero-order valence-corrected chi connectivity index (χ0v) is 18.3. The SMILES string of the molecule is CCCOc1ccc(/C=C2/N=C(c3ccc(OCC)c(OCC)c3)OC2=O)cc1OC. The van der Waals surface area contributed by atoms with E-state index in [-0.39, 0.29) is 11.6 Å². The molecule has 0 unspecified atom stereocenters. The molecule has 0 bridgehead atoms. The molecule has 0 amide bonds. The summed E-state index contributed by atoms with van der Waals surface area (Å²) < 4.78 is 27.7. The molecule has 7 heteroatoms. The predicted molar refractivity (Wildman–Crippen MR) is 118 cm³/mol. The van der Waals surface area contributed by atoms with Gasteiger partial charge in [-0.2, -0.15) is 0 Å². The van der Waals surface area contributed by atoms with Crippen LogP contribution in [0.25, 0.3) is 6.08 Å². The molecule has 1 aliphatic rings. The van der Waals surface area contributed by atoms with Gasteiger partial charge in [0, 0.05) is 5.56 Å². The van der Waals surface area contributed by atoms with E-state index >= 15 is 0 Å². The fourth-order valence-electron chi connectivity index (χ4n) is 2.98.